The van der Waals surface area contributed by atoms with E-state index in [1.165, 1.54) is 11.9 Å². The molecule has 0 radical (unpaired) electrons. The van der Waals surface area contributed by atoms with Gasteiger partial charge in [-0.05, 0) is 6.42 Å². The minimum atomic E-state index is 0.0926. The average Bonchev–Trinajstić information content (AvgIpc) is 1.94. The van der Waals surface area contributed by atoms with E-state index in [0.29, 0.717) is 6.42 Å². The highest BCUT2D eigenvalue weighted by Gasteiger charge is 2.03. The molecule has 0 aromatic carbocycles. The zero-order chi connectivity index (χ0) is 5.82. The van der Waals surface area contributed by atoms with E-state index >= 15 is 0 Å². The predicted octanol–water partition coefficient (Wildman–Crippen LogP) is 0.0492. The highest BCUT2D eigenvalue weighted by atomic mass is 32.2. The monoisotopic (exact) mass is 132 g/mol. The molecule has 1 fully saturated rings. The van der Waals surface area contributed by atoms with Gasteiger partial charge in [-0.2, -0.15) is 4.83 Å². The Morgan fingerprint density at radius 1 is 1.62 bits per heavy atom. The minimum Gasteiger partial charge on any atom is -0.282 e. The Morgan fingerprint density at radius 2 is 2.50 bits per heavy atom. The van der Waals surface area contributed by atoms with E-state index in [2.05, 4.69) is 10.3 Å². The fourth-order valence-electron chi connectivity index (χ4n) is 0.511. The smallest absolute Gasteiger partial charge is 0.234 e. The van der Waals surface area contributed by atoms with E-state index in [4.69, 9.17) is 0 Å². The van der Waals surface area contributed by atoms with Crippen LogP contribution in [0.4, 0.5) is 0 Å². The van der Waals surface area contributed by atoms with E-state index < -0.39 is 0 Å². The summed E-state index contributed by atoms with van der Waals surface area (Å²) in [5, 5.41) is 0. The average molecular weight is 132 g/mol. The van der Waals surface area contributed by atoms with Crippen LogP contribution >= 0.6 is 11.9 Å². The fourth-order valence-corrected chi connectivity index (χ4v) is 1.09. The van der Waals surface area contributed by atoms with Gasteiger partial charge >= 0.3 is 0 Å². The first-order valence-electron chi connectivity index (χ1n) is 2.55. The predicted molar refractivity (Wildman–Crippen MR) is 33.0 cm³/mol. The lowest BCUT2D eigenvalue weighted by Gasteiger charge is -1.95. The summed E-state index contributed by atoms with van der Waals surface area (Å²) in [6.07, 6.45) is 1.63. The van der Waals surface area contributed by atoms with Crippen LogP contribution in [0.15, 0.2) is 0 Å². The normalized spacial score (nSPS) is 21.8. The van der Waals surface area contributed by atoms with Gasteiger partial charge in [0.1, 0.15) is 0 Å². The van der Waals surface area contributed by atoms with E-state index in [1.807, 2.05) is 0 Å². The van der Waals surface area contributed by atoms with E-state index in [0.717, 1.165) is 12.2 Å². The third-order valence-electron chi connectivity index (χ3n) is 0.913. The van der Waals surface area contributed by atoms with Gasteiger partial charge < -0.3 is 0 Å². The van der Waals surface area contributed by atoms with Crippen molar-refractivity contribution in [1.29, 1.82) is 0 Å². The second-order valence-electron chi connectivity index (χ2n) is 1.60. The second-order valence-corrected chi connectivity index (χ2v) is 2.50. The molecule has 1 saturated heterocycles. The van der Waals surface area contributed by atoms with Crippen molar-refractivity contribution in [3.05, 3.63) is 0 Å². The molecule has 0 spiro atoms. The Bertz CT molecular complexity index is 86.0. The summed E-state index contributed by atoms with van der Waals surface area (Å²) >= 11 is 1.54. The molecule has 0 aliphatic carbocycles. The van der Waals surface area contributed by atoms with Crippen LogP contribution in [0.5, 0.6) is 0 Å². The molecule has 4 heteroatoms. The van der Waals surface area contributed by atoms with Crippen LogP contribution in [0.2, 0.25) is 0 Å². The minimum absolute atomic E-state index is 0.0926. The topological polar surface area (TPSA) is 41.1 Å². The van der Waals surface area contributed by atoms with Crippen molar-refractivity contribution in [2.45, 2.75) is 12.8 Å². The fraction of sp³-hybridized carbons (Fsp3) is 0.750. The van der Waals surface area contributed by atoms with Crippen molar-refractivity contribution in [1.82, 2.24) is 10.3 Å². The molecule has 2 N–H and O–H groups in total. The molecule has 1 rings (SSSR count). The third kappa shape index (κ3) is 1.71. The zero-order valence-electron chi connectivity index (χ0n) is 4.44. The van der Waals surface area contributed by atoms with Gasteiger partial charge in [-0.15, -0.1) is 0 Å². The lowest BCUT2D eigenvalue weighted by atomic mass is 10.3. The lowest BCUT2D eigenvalue weighted by molar-refractivity contribution is -0.121. The molecule has 1 heterocycles. The number of hydrogen-bond acceptors (Lipinski definition) is 3. The molecular weight excluding hydrogens is 124 g/mol. The third-order valence-corrected chi connectivity index (χ3v) is 1.65. The summed E-state index contributed by atoms with van der Waals surface area (Å²) in [5.74, 6) is 1.11. The van der Waals surface area contributed by atoms with Crippen LogP contribution in [-0.2, 0) is 4.79 Å². The van der Waals surface area contributed by atoms with Crippen molar-refractivity contribution >= 4 is 17.9 Å². The molecule has 8 heavy (non-hydrogen) atoms. The summed E-state index contributed by atoms with van der Waals surface area (Å²) < 4.78 is 0. The maximum absolute atomic E-state index is 10.5. The Balaban J connectivity index is 2.27. The van der Waals surface area contributed by atoms with E-state index in [-0.39, 0.29) is 5.91 Å². The Morgan fingerprint density at radius 3 is 3.38 bits per heavy atom. The quantitative estimate of drug-likeness (QED) is 0.457. The molecule has 0 aromatic rings. The van der Waals surface area contributed by atoms with Crippen molar-refractivity contribution < 1.29 is 4.79 Å². The number of carbonyl (C=O) groups is 1. The summed E-state index contributed by atoms with van der Waals surface area (Å²) in [6.45, 7) is 0. The van der Waals surface area contributed by atoms with Gasteiger partial charge in [0.15, 0.2) is 0 Å². The van der Waals surface area contributed by atoms with Gasteiger partial charge in [-0.3, -0.25) is 10.2 Å². The molecule has 0 aromatic heterocycles. The van der Waals surface area contributed by atoms with E-state index in [9.17, 15) is 4.79 Å². The molecule has 3 nitrogen and oxygen atoms in total. The number of rotatable bonds is 0. The molecule has 0 saturated carbocycles. The molecule has 1 aliphatic rings. The molecule has 1 amide bonds. The first kappa shape index (κ1) is 5.91. The number of hydrogen-bond donors (Lipinski definition) is 2. The molecular formula is C4H8N2OS. The highest BCUT2D eigenvalue weighted by molar-refractivity contribution is 7.97. The summed E-state index contributed by atoms with van der Waals surface area (Å²) in [6, 6.07) is 0. The molecule has 0 atom stereocenters. The van der Waals surface area contributed by atoms with Crippen molar-refractivity contribution in [2.24, 2.45) is 0 Å². The van der Waals surface area contributed by atoms with Gasteiger partial charge in [0.2, 0.25) is 5.91 Å². The first-order valence-corrected chi connectivity index (χ1v) is 3.54. The number of carbonyl (C=O) groups excluding carboxylic acids is 1. The lowest BCUT2D eigenvalue weighted by Crippen LogP contribution is -2.30. The zero-order valence-corrected chi connectivity index (χ0v) is 5.25. The van der Waals surface area contributed by atoms with Crippen LogP contribution in [0.1, 0.15) is 12.8 Å². The van der Waals surface area contributed by atoms with Crippen LogP contribution in [0.3, 0.4) is 0 Å². The Kier molecular flexibility index (Phi) is 2.17. The van der Waals surface area contributed by atoms with Crippen LogP contribution < -0.4 is 10.3 Å². The van der Waals surface area contributed by atoms with Crippen molar-refractivity contribution in [2.75, 3.05) is 5.75 Å². The summed E-state index contributed by atoms with van der Waals surface area (Å²) in [5.41, 5.74) is 2.52. The van der Waals surface area contributed by atoms with Gasteiger partial charge in [0.25, 0.3) is 0 Å². The van der Waals surface area contributed by atoms with Crippen molar-refractivity contribution in [3.8, 4) is 0 Å². The standard InChI is InChI=1S/C4H8N2OS/c7-4-2-1-3-8-6-5-4/h6H,1-3H2,(H,5,7). The maximum atomic E-state index is 10.5. The van der Waals surface area contributed by atoms with Gasteiger partial charge in [-0.1, -0.05) is 11.9 Å². The molecule has 0 bridgehead atoms. The highest BCUT2D eigenvalue weighted by Crippen LogP contribution is 2.01. The largest absolute Gasteiger partial charge is 0.282 e. The van der Waals surface area contributed by atoms with Gasteiger partial charge in [0, 0.05) is 12.2 Å². The van der Waals surface area contributed by atoms with Crippen LogP contribution in [-0.4, -0.2) is 11.7 Å². The van der Waals surface area contributed by atoms with E-state index in [1.54, 1.807) is 0 Å². The first-order chi connectivity index (χ1) is 3.89. The van der Waals surface area contributed by atoms with Crippen molar-refractivity contribution in [3.63, 3.8) is 0 Å². The molecule has 0 unspecified atom stereocenters. The molecule has 46 valence electrons. The summed E-state index contributed by atoms with van der Waals surface area (Å²) in [4.78, 5) is 13.2. The van der Waals surface area contributed by atoms with Gasteiger partial charge in [0.05, 0.1) is 0 Å². The van der Waals surface area contributed by atoms with Crippen LogP contribution in [0, 0.1) is 0 Å². The molecule has 1 aliphatic heterocycles. The SMILES string of the molecule is O=C1CCCSNN1. The number of amides is 1. The second kappa shape index (κ2) is 2.94. The van der Waals surface area contributed by atoms with Crippen LogP contribution in [0.25, 0.3) is 0 Å². The Labute approximate surface area is 52.3 Å². The van der Waals surface area contributed by atoms with Gasteiger partial charge in [-0.25, -0.2) is 0 Å². The maximum Gasteiger partial charge on any atom is 0.234 e. The number of hydrazine groups is 1. The summed E-state index contributed by atoms with van der Waals surface area (Å²) in [7, 11) is 0. The Hall–Kier alpha value is -0.220. The number of nitrogens with one attached hydrogen (secondary N) is 2.